The molecule has 0 fully saturated rings. The summed E-state index contributed by atoms with van der Waals surface area (Å²) in [5, 5.41) is 0. The fourth-order valence-electron chi connectivity index (χ4n) is 1.39. The number of benzene rings is 1. The molecule has 0 aliphatic heterocycles. The molecule has 0 saturated carbocycles. The Morgan fingerprint density at radius 3 is 2.35 bits per heavy atom. The number of primary amides is 1. The quantitative estimate of drug-likeness (QED) is 0.779. The minimum atomic E-state index is -0.607. The zero-order valence-electron chi connectivity index (χ0n) is 10.3. The van der Waals surface area contributed by atoms with Gasteiger partial charge in [-0.1, -0.05) is 12.1 Å². The van der Waals surface area contributed by atoms with Gasteiger partial charge in [-0.2, -0.15) is 0 Å². The lowest BCUT2D eigenvalue weighted by Gasteiger charge is -2.11. The first-order chi connectivity index (χ1) is 7.99. The van der Waals surface area contributed by atoms with Gasteiger partial charge in [0.2, 0.25) is 0 Å². The zero-order valence-corrected chi connectivity index (χ0v) is 10.3. The Balaban J connectivity index is 2.53. The third kappa shape index (κ3) is 4.87. The molecule has 4 N–H and O–H groups in total. The van der Waals surface area contributed by atoms with E-state index in [9.17, 15) is 4.79 Å². The second-order valence-corrected chi connectivity index (χ2v) is 4.32. The van der Waals surface area contributed by atoms with Gasteiger partial charge >= 0.3 is 0 Å². The van der Waals surface area contributed by atoms with Crippen molar-refractivity contribution in [3.63, 3.8) is 0 Å². The number of carbonyl (C=O) groups excluding carboxylic acids is 1. The highest BCUT2D eigenvalue weighted by molar-refractivity contribution is 5.78. The van der Waals surface area contributed by atoms with Gasteiger partial charge in [0.1, 0.15) is 5.75 Å². The zero-order chi connectivity index (χ0) is 12.8. The van der Waals surface area contributed by atoms with E-state index in [-0.39, 0.29) is 6.04 Å². The number of hydrogen-bond acceptors (Lipinski definition) is 3. The molecule has 2 unspecified atom stereocenters. The van der Waals surface area contributed by atoms with E-state index in [0.717, 1.165) is 12.8 Å². The van der Waals surface area contributed by atoms with Crippen molar-refractivity contribution in [2.75, 3.05) is 0 Å². The van der Waals surface area contributed by atoms with E-state index < -0.39 is 12.0 Å². The number of rotatable bonds is 6. The molecule has 1 rings (SSSR count). The van der Waals surface area contributed by atoms with E-state index >= 15 is 0 Å². The summed E-state index contributed by atoms with van der Waals surface area (Å²) < 4.78 is 5.36. The third-order valence-electron chi connectivity index (χ3n) is 2.53. The molecule has 0 aliphatic carbocycles. The van der Waals surface area contributed by atoms with Crippen molar-refractivity contribution in [3.05, 3.63) is 29.8 Å². The summed E-state index contributed by atoms with van der Waals surface area (Å²) >= 11 is 0. The number of ether oxygens (including phenoxy) is 1. The van der Waals surface area contributed by atoms with E-state index in [1.165, 1.54) is 5.56 Å². The molecule has 17 heavy (non-hydrogen) atoms. The number of nitrogens with two attached hydrogens (primary N) is 2. The minimum Gasteiger partial charge on any atom is -0.481 e. The molecule has 1 aromatic carbocycles. The standard InChI is InChI=1S/C13H20N2O2/c1-9(14)3-4-11-5-7-12(8-6-11)17-10(2)13(15)16/h5-10H,3-4,14H2,1-2H3,(H2,15,16). The summed E-state index contributed by atoms with van der Waals surface area (Å²) in [6, 6.07) is 7.85. The van der Waals surface area contributed by atoms with Gasteiger partial charge in [0, 0.05) is 6.04 Å². The SMILES string of the molecule is CC(N)CCc1ccc(OC(C)C(N)=O)cc1. The van der Waals surface area contributed by atoms with E-state index in [1.807, 2.05) is 31.2 Å². The van der Waals surface area contributed by atoms with Crippen LogP contribution >= 0.6 is 0 Å². The maximum Gasteiger partial charge on any atom is 0.258 e. The first kappa shape index (κ1) is 13.5. The smallest absolute Gasteiger partial charge is 0.258 e. The first-order valence-corrected chi connectivity index (χ1v) is 5.79. The summed E-state index contributed by atoms with van der Waals surface area (Å²) in [6.45, 7) is 3.62. The molecule has 1 amide bonds. The summed E-state index contributed by atoms with van der Waals surface area (Å²) in [6.07, 6.45) is 1.30. The number of amides is 1. The Labute approximate surface area is 102 Å². The molecule has 0 aromatic heterocycles. The van der Waals surface area contributed by atoms with E-state index in [1.54, 1.807) is 6.92 Å². The van der Waals surface area contributed by atoms with Gasteiger partial charge in [-0.25, -0.2) is 0 Å². The lowest BCUT2D eigenvalue weighted by atomic mass is 10.1. The van der Waals surface area contributed by atoms with Gasteiger partial charge in [0.05, 0.1) is 0 Å². The summed E-state index contributed by atoms with van der Waals surface area (Å²) in [5.74, 6) is 0.187. The number of carbonyl (C=O) groups is 1. The Morgan fingerprint density at radius 1 is 1.29 bits per heavy atom. The van der Waals surface area contributed by atoms with E-state index in [4.69, 9.17) is 16.2 Å². The molecular formula is C13H20N2O2. The van der Waals surface area contributed by atoms with Gasteiger partial charge in [-0.15, -0.1) is 0 Å². The van der Waals surface area contributed by atoms with Crippen LogP contribution < -0.4 is 16.2 Å². The second-order valence-electron chi connectivity index (χ2n) is 4.32. The van der Waals surface area contributed by atoms with Crippen molar-refractivity contribution in [2.24, 2.45) is 11.5 Å². The van der Waals surface area contributed by atoms with Crippen LogP contribution in [0.2, 0.25) is 0 Å². The van der Waals surface area contributed by atoms with Crippen LogP contribution in [-0.4, -0.2) is 18.1 Å². The van der Waals surface area contributed by atoms with Crippen LogP contribution in [0.25, 0.3) is 0 Å². The van der Waals surface area contributed by atoms with Gasteiger partial charge < -0.3 is 16.2 Å². The molecule has 0 spiro atoms. The van der Waals surface area contributed by atoms with Crippen LogP contribution in [0, 0.1) is 0 Å². The van der Waals surface area contributed by atoms with E-state index in [2.05, 4.69) is 0 Å². The fraction of sp³-hybridized carbons (Fsp3) is 0.462. The molecule has 94 valence electrons. The normalized spacial score (nSPS) is 14.1. The molecule has 4 nitrogen and oxygen atoms in total. The van der Waals surface area contributed by atoms with Crippen LogP contribution in [0.4, 0.5) is 0 Å². The Bertz CT molecular complexity index is 360. The lowest BCUT2D eigenvalue weighted by molar-refractivity contribution is -0.123. The van der Waals surface area contributed by atoms with Crippen LogP contribution in [0.5, 0.6) is 5.75 Å². The highest BCUT2D eigenvalue weighted by Crippen LogP contribution is 2.15. The molecule has 0 radical (unpaired) electrons. The molecule has 1 aromatic rings. The Hall–Kier alpha value is -1.55. The van der Waals surface area contributed by atoms with Gasteiger partial charge in [-0.05, 0) is 44.4 Å². The van der Waals surface area contributed by atoms with Crippen molar-refractivity contribution in [3.8, 4) is 5.75 Å². The molecule has 0 heterocycles. The monoisotopic (exact) mass is 236 g/mol. The summed E-state index contributed by atoms with van der Waals surface area (Å²) in [7, 11) is 0. The fourth-order valence-corrected chi connectivity index (χ4v) is 1.39. The Kier molecular flexibility index (Phi) is 4.97. The lowest BCUT2D eigenvalue weighted by Crippen LogP contribution is -2.30. The largest absolute Gasteiger partial charge is 0.481 e. The first-order valence-electron chi connectivity index (χ1n) is 5.79. The van der Waals surface area contributed by atoms with Crippen molar-refractivity contribution < 1.29 is 9.53 Å². The maximum atomic E-state index is 10.8. The molecule has 4 heteroatoms. The third-order valence-corrected chi connectivity index (χ3v) is 2.53. The van der Waals surface area contributed by atoms with Crippen LogP contribution in [-0.2, 0) is 11.2 Å². The predicted molar refractivity (Wildman–Crippen MR) is 67.7 cm³/mol. The topological polar surface area (TPSA) is 78.3 Å². The van der Waals surface area contributed by atoms with Gasteiger partial charge in [0.25, 0.3) is 5.91 Å². The van der Waals surface area contributed by atoms with Crippen molar-refractivity contribution >= 4 is 5.91 Å². The summed E-state index contributed by atoms with van der Waals surface area (Å²) in [5.41, 5.74) is 12.0. The average molecular weight is 236 g/mol. The minimum absolute atomic E-state index is 0.209. The van der Waals surface area contributed by atoms with Crippen LogP contribution in [0.3, 0.4) is 0 Å². The van der Waals surface area contributed by atoms with Gasteiger partial charge in [-0.3, -0.25) is 4.79 Å². The Morgan fingerprint density at radius 2 is 1.88 bits per heavy atom. The average Bonchev–Trinajstić information content (AvgIpc) is 2.28. The number of hydrogen-bond donors (Lipinski definition) is 2. The highest BCUT2D eigenvalue weighted by atomic mass is 16.5. The van der Waals surface area contributed by atoms with Crippen molar-refractivity contribution in [1.82, 2.24) is 0 Å². The summed E-state index contributed by atoms with van der Waals surface area (Å²) in [4.78, 5) is 10.8. The number of aryl methyl sites for hydroxylation is 1. The predicted octanol–water partition coefficient (Wildman–Crippen LogP) is 1.22. The maximum absolute atomic E-state index is 10.8. The van der Waals surface area contributed by atoms with Crippen LogP contribution in [0.1, 0.15) is 25.8 Å². The van der Waals surface area contributed by atoms with Gasteiger partial charge in [0.15, 0.2) is 6.10 Å². The van der Waals surface area contributed by atoms with Crippen molar-refractivity contribution in [2.45, 2.75) is 38.8 Å². The molecule has 0 bridgehead atoms. The molecule has 2 atom stereocenters. The second kappa shape index (κ2) is 6.25. The molecule has 0 aliphatic rings. The molecular weight excluding hydrogens is 216 g/mol. The van der Waals surface area contributed by atoms with Crippen molar-refractivity contribution in [1.29, 1.82) is 0 Å². The van der Waals surface area contributed by atoms with Crippen LogP contribution in [0.15, 0.2) is 24.3 Å². The molecule has 0 saturated heterocycles. The highest BCUT2D eigenvalue weighted by Gasteiger charge is 2.09. The van der Waals surface area contributed by atoms with E-state index in [0.29, 0.717) is 5.75 Å².